The van der Waals surface area contributed by atoms with E-state index in [1.54, 1.807) is 18.2 Å². The first-order valence-corrected chi connectivity index (χ1v) is 9.48. The van der Waals surface area contributed by atoms with Gasteiger partial charge in [-0.05, 0) is 47.1 Å². The minimum atomic E-state index is -3.83. The predicted octanol–water partition coefficient (Wildman–Crippen LogP) is 4.11. The second kappa shape index (κ2) is 7.02. The van der Waals surface area contributed by atoms with Crippen LogP contribution in [0, 0.1) is 6.92 Å². The van der Waals surface area contributed by atoms with Crippen LogP contribution in [-0.4, -0.2) is 21.5 Å². The van der Waals surface area contributed by atoms with E-state index in [4.69, 9.17) is 4.74 Å². The van der Waals surface area contributed by atoms with Crippen molar-refractivity contribution >= 4 is 53.5 Å². The molecule has 122 valence electrons. The Kier molecular flexibility index (Phi) is 5.49. The molecule has 0 aliphatic carbocycles. The Morgan fingerprint density at radius 2 is 1.74 bits per heavy atom. The number of ether oxygens (including phenoxy) is 1. The van der Waals surface area contributed by atoms with Crippen LogP contribution >= 0.6 is 31.9 Å². The van der Waals surface area contributed by atoms with E-state index < -0.39 is 16.0 Å². The lowest BCUT2D eigenvalue weighted by Gasteiger charge is -2.14. The molecule has 0 atom stereocenters. The van der Waals surface area contributed by atoms with Crippen molar-refractivity contribution in [1.29, 1.82) is 0 Å². The minimum absolute atomic E-state index is 0.101. The van der Waals surface area contributed by atoms with Crippen LogP contribution < -0.4 is 4.72 Å². The largest absolute Gasteiger partial charge is 0.465 e. The molecule has 0 heterocycles. The van der Waals surface area contributed by atoms with E-state index >= 15 is 0 Å². The molecule has 0 radical (unpaired) electrons. The van der Waals surface area contributed by atoms with Crippen LogP contribution in [0.4, 0.5) is 5.69 Å². The predicted molar refractivity (Wildman–Crippen MR) is 95.2 cm³/mol. The van der Waals surface area contributed by atoms with Gasteiger partial charge in [0.25, 0.3) is 10.0 Å². The number of carbonyl (C=O) groups excluding carboxylic acids is 1. The van der Waals surface area contributed by atoms with Gasteiger partial charge >= 0.3 is 5.97 Å². The summed E-state index contributed by atoms with van der Waals surface area (Å²) in [6, 6.07) is 9.53. The Morgan fingerprint density at radius 3 is 2.30 bits per heavy atom. The maximum absolute atomic E-state index is 12.5. The molecule has 2 aromatic carbocycles. The molecule has 0 aliphatic heterocycles. The minimum Gasteiger partial charge on any atom is -0.465 e. The molecule has 0 saturated heterocycles. The highest BCUT2D eigenvalue weighted by Crippen LogP contribution is 2.33. The first-order valence-electron chi connectivity index (χ1n) is 6.41. The second-order valence-corrected chi connectivity index (χ2v) is 8.17. The molecule has 0 bridgehead atoms. The van der Waals surface area contributed by atoms with Gasteiger partial charge in [-0.3, -0.25) is 4.72 Å². The average Bonchev–Trinajstić information content (AvgIpc) is 2.49. The molecule has 23 heavy (non-hydrogen) atoms. The van der Waals surface area contributed by atoms with Crippen molar-refractivity contribution in [2.75, 3.05) is 11.8 Å². The first kappa shape index (κ1) is 18.0. The standard InChI is InChI=1S/C15H13Br2NO4S/c1-9-3-5-11(6-4-9)23(20,21)18-14-12(15(19)22-2)7-10(16)8-13(14)17/h3-8,18H,1-2H3. The summed E-state index contributed by atoms with van der Waals surface area (Å²) in [6.45, 7) is 1.87. The highest BCUT2D eigenvalue weighted by molar-refractivity contribution is 9.11. The van der Waals surface area contributed by atoms with E-state index in [1.165, 1.54) is 25.3 Å². The fraction of sp³-hybridized carbons (Fsp3) is 0.133. The number of hydrogen-bond donors (Lipinski definition) is 1. The number of esters is 1. The van der Waals surface area contributed by atoms with Crippen LogP contribution in [0.1, 0.15) is 15.9 Å². The molecule has 0 saturated carbocycles. The fourth-order valence-corrected chi connectivity index (χ4v) is 4.42. The topological polar surface area (TPSA) is 72.5 Å². The number of carbonyl (C=O) groups is 1. The number of aryl methyl sites for hydroxylation is 1. The van der Waals surface area contributed by atoms with Crippen LogP contribution in [0.5, 0.6) is 0 Å². The van der Waals surface area contributed by atoms with Gasteiger partial charge in [0.05, 0.1) is 23.3 Å². The third kappa shape index (κ3) is 4.13. The van der Waals surface area contributed by atoms with Crippen molar-refractivity contribution in [3.8, 4) is 0 Å². The van der Waals surface area contributed by atoms with Crippen LogP contribution in [0.3, 0.4) is 0 Å². The summed E-state index contributed by atoms with van der Waals surface area (Å²) >= 11 is 6.53. The number of rotatable bonds is 4. The maximum Gasteiger partial charge on any atom is 0.340 e. The van der Waals surface area contributed by atoms with E-state index in [1.807, 2.05) is 6.92 Å². The lowest BCUT2D eigenvalue weighted by atomic mass is 10.2. The van der Waals surface area contributed by atoms with E-state index in [-0.39, 0.29) is 16.1 Å². The first-order chi connectivity index (χ1) is 10.7. The highest BCUT2D eigenvalue weighted by Gasteiger charge is 2.22. The lowest BCUT2D eigenvalue weighted by molar-refractivity contribution is 0.0602. The molecule has 0 unspecified atom stereocenters. The van der Waals surface area contributed by atoms with E-state index in [2.05, 4.69) is 36.6 Å². The van der Waals surface area contributed by atoms with Crippen LogP contribution in [0.2, 0.25) is 0 Å². The van der Waals surface area contributed by atoms with Gasteiger partial charge in [-0.25, -0.2) is 13.2 Å². The molecular formula is C15H13Br2NO4S. The second-order valence-electron chi connectivity index (χ2n) is 4.72. The van der Waals surface area contributed by atoms with Crippen molar-refractivity contribution in [3.05, 3.63) is 56.5 Å². The van der Waals surface area contributed by atoms with Gasteiger partial charge in [0, 0.05) is 8.95 Å². The molecule has 1 N–H and O–H groups in total. The number of benzene rings is 2. The number of nitrogens with one attached hydrogen (secondary N) is 1. The van der Waals surface area contributed by atoms with Gasteiger partial charge in [0.2, 0.25) is 0 Å². The summed E-state index contributed by atoms with van der Waals surface area (Å²) in [5.74, 6) is -0.645. The summed E-state index contributed by atoms with van der Waals surface area (Å²) in [4.78, 5) is 12.0. The number of halogens is 2. The molecular weight excluding hydrogens is 450 g/mol. The number of anilines is 1. The molecule has 0 amide bonds. The Hall–Kier alpha value is -1.38. The third-order valence-corrected chi connectivity index (χ3v) is 5.48. The number of methoxy groups -OCH3 is 1. The average molecular weight is 463 g/mol. The molecule has 0 spiro atoms. The molecule has 5 nitrogen and oxygen atoms in total. The van der Waals surface area contributed by atoms with Crippen molar-refractivity contribution in [2.45, 2.75) is 11.8 Å². The third-order valence-electron chi connectivity index (χ3n) is 3.03. The maximum atomic E-state index is 12.5. The Balaban J connectivity index is 2.50. The summed E-state index contributed by atoms with van der Waals surface area (Å²) in [6.07, 6.45) is 0. The molecule has 0 fully saturated rings. The molecule has 8 heteroatoms. The van der Waals surface area contributed by atoms with Crippen LogP contribution in [0.25, 0.3) is 0 Å². The molecule has 0 aliphatic rings. The van der Waals surface area contributed by atoms with Gasteiger partial charge in [-0.2, -0.15) is 0 Å². The van der Waals surface area contributed by atoms with E-state index in [0.29, 0.717) is 8.95 Å². The molecule has 0 aromatic heterocycles. The monoisotopic (exact) mass is 461 g/mol. The van der Waals surface area contributed by atoms with Gasteiger partial charge in [0.1, 0.15) is 0 Å². The van der Waals surface area contributed by atoms with E-state index in [9.17, 15) is 13.2 Å². The Bertz CT molecular complexity index is 849. The summed E-state index contributed by atoms with van der Waals surface area (Å²) in [5.41, 5.74) is 1.18. The van der Waals surface area contributed by atoms with Crippen LogP contribution in [0.15, 0.2) is 50.2 Å². The molecule has 2 aromatic rings. The van der Waals surface area contributed by atoms with Crippen molar-refractivity contribution < 1.29 is 17.9 Å². The fourth-order valence-electron chi connectivity index (χ4n) is 1.86. The smallest absolute Gasteiger partial charge is 0.340 e. The van der Waals surface area contributed by atoms with E-state index in [0.717, 1.165) is 5.56 Å². The highest BCUT2D eigenvalue weighted by atomic mass is 79.9. The van der Waals surface area contributed by atoms with Crippen LogP contribution in [-0.2, 0) is 14.8 Å². The zero-order valence-electron chi connectivity index (χ0n) is 12.3. The van der Waals surface area contributed by atoms with Crippen molar-refractivity contribution in [2.24, 2.45) is 0 Å². The quantitative estimate of drug-likeness (QED) is 0.694. The van der Waals surface area contributed by atoms with Gasteiger partial charge in [-0.1, -0.05) is 33.6 Å². The lowest BCUT2D eigenvalue weighted by Crippen LogP contribution is -2.16. The molecule has 2 rings (SSSR count). The van der Waals surface area contributed by atoms with Crippen molar-refractivity contribution in [3.63, 3.8) is 0 Å². The van der Waals surface area contributed by atoms with Crippen molar-refractivity contribution in [1.82, 2.24) is 0 Å². The van der Waals surface area contributed by atoms with Gasteiger partial charge < -0.3 is 4.74 Å². The summed E-state index contributed by atoms with van der Waals surface area (Å²) < 4.78 is 33.2. The SMILES string of the molecule is COC(=O)c1cc(Br)cc(Br)c1NS(=O)(=O)c1ccc(C)cc1. The summed E-state index contributed by atoms with van der Waals surface area (Å²) in [5, 5.41) is 0. The zero-order chi connectivity index (χ0) is 17.2. The Labute approximate surface area is 151 Å². The number of hydrogen-bond acceptors (Lipinski definition) is 4. The summed E-state index contributed by atoms with van der Waals surface area (Å²) in [7, 11) is -2.60. The number of sulfonamides is 1. The van der Waals surface area contributed by atoms with Gasteiger partial charge in [0.15, 0.2) is 0 Å². The van der Waals surface area contributed by atoms with Gasteiger partial charge in [-0.15, -0.1) is 0 Å². The zero-order valence-corrected chi connectivity index (χ0v) is 16.2. The normalized spacial score (nSPS) is 11.1. The Morgan fingerprint density at radius 1 is 1.13 bits per heavy atom.